The number of aliphatic hydroxyl groups is 1. The highest BCUT2D eigenvalue weighted by Crippen LogP contribution is 2.31. The zero-order chi connectivity index (χ0) is 15.4. The summed E-state index contributed by atoms with van der Waals surface area (Å²) in [7, 11) is 0. The summed E-state index contributed by atoms with van der Waals surface area (Å²) < 4.78 is 50.7. The average molecular weight is 311 g/mol. The second kappa shape index (κ2) is 6.78. The van der Waals surface area contributed by atoms with Crippen LogP contribution >= 0.6 is 11.8 Å². The van der Waals surface area contributed by atoms with Crippen LogP contribution in [0.25, 0.3) is 0 Å². The van der Waals surface area contributed by atoms with Gasteiger partial charge in [-0.2, -0.15) is 24.9 Å². The Kier molecular flexibility index (Phi) is 5.85. The van der Waals surface area contributed by atoms with Crippen molar-refractivity contribution >= 4 is 11.8 Å². The number of nitrogens with one attached hydrogen (secondary N) is 1. The number of thioether (sulfide) groups is 1. The van der Waals surface area contributed by atoms with E-state index in [0.29, 0.717) is 11.3 Å². The fourth-order valence-electron chi connectivity index (χ4n) is 1.74. The highest BCUT2D eigenvalue weighted by atomic mass is 32.2. The molecule has 114 valence electrons. The van der Waals surface area contributed by atoms with Gasteiger partial charge in [-0.3, -0.25) is 0 Å². The van der Waals surface area contributed by atoms with Gasteiger partial charge in [-0.25, -0.2) is 4.39 Å². The standard InChI is InChI=1S/C13H17F4NOS/c1-12(19,8-20-2)7-18-6-9-3-4-11(14)10(5-9)13(15,16)17/h3-5,18-19H,6-8H2,1-2H3. The molecular formula is C13H17F4NOS. The van der Waals surface area contributed by atoms with Gasteiger partial charge >= 0.3 is 6.18 Å². The van der Waals surface area contributed by atoms with E-state index < -0.39 is 23.2 Å². The second-order valence-corrected chi connectivity index (χ2v) is 5.71. The first-order valence-corrected chi connectivity index (χ1v) is 7.33. The summed E-state index contributed by atoms with van der Waals surface area (Å²) in [5, 5.41) is 12.8. The molecule has 0 aliphatic heterocycles. The Morgan fingerprint density at radius 2 is 1.95 bits per heavy atom. The lowest BCUT2D eigenvalue weighted by molar-refractivity contribution is -0.140. The van der Waals surface area contributed by atoms with Crippen LogP contribution in [-0.4, -0.2) is 29.3 Å². The van der Waals surface area contributed by atoms with E-state index in [1.54, 1.807) is 6.92 Å². The second-order valence-electron chi connectivity index (χ2n) is 4.85. The van der Waals surface area contributed by atoms with E-state index in [1.807, 2.05) is 6.26 Å². The molecule has 0 bridgehead atoms. The SMILES string of the molecule is CSCC(C)(O)CNCc1ccc(F)c(C(F)(F)F)c1. The molecule has 1 aromatic carbocycles. The first-order valence-electron chi connectivity index (χ1n) is 5.93. The van der Waals surface area contributed by atoms with Gasteiger partial charge in [0.1, 0.15) is 5.82 Å². The van der Waals surface area contributed by atoms with Gasteiger partial charge in [-0.1, -0.05) is 6.07 Å². The van der Waals surface area contributed by atoms with Crippen molar-refractivity contribution in [3.63, 3.8) is 0 Å². The molecule has 0 aliphatic rings. The van der Waals surface area contributed by atoms with Crippen LogP contribution in [0.15, 0.2) is 18.2 Å². The lowest BCUT2D eigenvalue weighted by atomic mass is 10.1. The first kappa shape index (κ1) is 17.3. The van der Waals surface area contributed by atoms with E-state index in [4.69, 9.17) is 0 Å². The molecule has 7 heteroatoms. The summed E-state index contributed by atoms with van der Waals surface area (Å²) in [6, 6.07) is 2.88. The van der Waals surface area contributed by atoms with Crippen molar-refractivity contribution < 1.29 is 22.7 Å². The molecule has 0 fully saturated rings. The predicted molar refractivity (Wildman–Crippen MR) is 72.1 cm³/mol. The molecule has 0 radical (unpaired) electrons. The molecule has 2 N–H and O–H groups in total. The molecule has 0 aliphatic carbocycles. The highest BCUT2D eigenvalue weighted by Gasteiger charge is 2.34. The van der Waals surface area contributed by atoms with Crippen LogP contribution in [0.3, 0.4) is 0 Å². The molecule has 2 nitrogen and oxygen atoms in total. The Bertz CT molecular complexity index is 448. The van der Waals surface area contributed by atoms with Crippen LogP contribution in [0.4, 0.5) is 17.6 Å². The monoisotopic (exact) mass is 311 g/mol. The fraction of sp³-hybridized carbons (Fsp3) is 0.538. The first-order chi connectivity index (χ1) is 9.15. The van der Waals surface area contributed by atoms with Gasteiger partial charge in [0.25, 0.3) is 0 Å². The molecule has 0 aromatic heterocycles. The molecule has 0 saturated heterocycles. The molecule has 0 spiro atoms. The quantitative estimate of drug-likeness (QED) is 0.792. The Morgan fingerprint density at radius 3 is 2.50 bits per heavy atom. The van der Waals surface area contributed by atoms with Crippen LogP contribution in [0, 0.1) is 5.82 Å². The van der Waals surface area contributed by atoms with E-state index >= 15 is 0 Å². The smallest absolute Gasteiger partial charge is 0.388 e. The van der Waals surface area contributed by atoms with Crippen molar-refractivity contribution in [1.82, 2.24) is 5.32 Å². The van der Waals surface area contributed by atoms with Crippen LogP contribution in [0.1, 0.15) is 18.1 Å². The zero-order valence-electron chi connectivity index (χ0n) is 11.2. The van der Waals surface area contributed by atoms with Gasteiger partial charge in [0.05, 0.1) is 11.2 Å². The molecule has 1 rings (SSSR count). The third-order valence-electron chi connectivity index (χ3n) is 2.63. The average Bonchev–Trinajstić information content (AvgIpc) is 2.29. The Labute approximate surface area is 119 Å². The zero-order valence-corrected chi connectivity index (χ0v) is 12.0. The van der Waals surface area contributed by atoms with Crippen molar-refractivity contribution in [3.05, 3.63) is 35.1 Å². The summed E-state index contributed by atoms with van der Waals surface area (Å²) in [5.74, 6) is -0.771. The predicted octanol–water partition coefficient (Wildman–Crippen LogP) is 3.05. The van der Waals surface area contributed by atoms with E-state index in [9.17, 15) is 22.7 Å². The summed E-state index contributed by atoms with van der Waals surface area (Å²) >= 11 is 1.47. The number of benzene rings is 1. The van der Waals surface area contributed by atoms with Crippen molar-refractivity contribution in [2.24, 2.45) is 0 Å². The third-order valence-corrected chi connectivity index (χ3v) is 3.54. The minimum atomic E-state index is -4.70. The van der Waals surface area contributed by atoms with Crippen molar-refractivity contribution in [3.8, 4) is 0 Å². The van der Waals surface area contributed by atoms with Crippen LogP contribution in [-0.2, 0) is 12.7 Å². The molecule has 20 heavy (non-hydrogen) atoms. The van der Waals surface area contributed by atoms with E-state index in [1.165, 1.54) is 17.8 Å². The highest BCUT2D eigenvalue weighted by molar-refractivity contribution is 7.98. The Balaban J connectivity index is 2.66. The lowest BCUT2D eigenvalue weighted by Crippen LogP contribution is -2.39. The van der Waals surface area contributed by atoms with Gasteiger partial charge in [0.2, 0.25) is 0 Å². The number of hydrogen-bond donors (Lipinski definition) is 2. The maximum atomic E-state index is 13.1. The molecule has 0 saturated carbocycles. The van der Waals surface area contributed by atoms with E-state index in [-0.39, 0.29) is 13.1 Å². The molecular weight excluding hydrogens is 294 g/mol. The maximum absolute atomic E-state index is 13.1. The summed E-state index contributed by atoms with van der Waals surface area (Å²) in [4.78, 5) is 0. The van der Waals surface area contributed by atoms with Crippen molar-refractivity contribution in [1.29, 1.82) is 0 Å². The topological polar surface area (TPSA) is 32.3 Å². The van der Waals surface area contributed by atoms with Gasteiger partial charge in [0.15, 0.2) is 0 Å². The van der Waals surface area contributed by atoms with Crippen molar-refractivity contribution in [2.75, 3.05) is 18.6 Å². The van der Waals surface area contributed by atoms with Crippen LogP contribution in [0.2, 0.25) is 0 Å². The van der Waals surface area contributed by atoms with E-state index in [0.717, 1.165) is 12.1 Å². The van der Waals surface area contributed by atoms with Crippen LogP contribution in [0.5, 0.6) is 0 Å². The molecule has 0 heterocycles. The van der Waals surface area contributed by atoms with E-state index in [2.05, 4.69) is 5.32 Å². The number of hydrogen-bond acceptors (Lipinski definition) is 3. The van der Waals surface area contributed by atoms with Gasteiger partial charge in [-0.05, 0) is 30.9 Å². The number of alkyl halides is 3. The van der Waals surface area contributed by atoms with Gasteiger partial charge < -0.3 is 10.4 Å². The third kappa shape index (κ3) is 5.30. The lowest BCUT2D eigenvalue weighted by Gasteiger charge is -2.22. The maximum Gasteiger partial charge on any atom is 0.419 e. The Morgan fingerprint density at radius 1 is 1.30 bits per heavy atom. The number of halogens is 4. The van der Waals surface area contributed by atoms with Crippen molar-refractivity contribution in [2.45, 2.75) is 25.2 Å². The van der Waals surface area contributed by atoms with Gasteiger partial charge in [-0.15, -0.1) is 0 Å². The molecule has 1 aromatic rings. The molecule has 0 amide bonds. The minimum absolute atomic E-state index is 0.133. The molecule has 1 unspecified atom stereocenters. The minimum Gasteiger partial charge on any atom is -0.388 e. The fourth-order valence-corrected chi connectivity index (χ4v) is 2.46. The molecule has 1 atom stereocenters. The van der Waals surface area contributed by atoms with Crippen LogP contribution < -0.4 is 5.32 Å². The Hall–Kier alpha value is -0.790. The normalized spacial score (nSPS) is 15.2. The summed E-state index contributed by atoms with van der Waals surface area (Å²) in [5.41, 5.74) is -1.89. The summed E-state index contributed by atoms with van der Waals surface area (Å²) in [6.07, 6.45) is -2.85. The van der Waals surface area contributed by atoms with Gasteiger partial charge in [0, 0.05) is 18.8 Å². The summed E-state index contributed by atoms with van der Waals surface area (Å²) in [6.45, 7) is 2.02. The number of rotatable bonds is 6. The largest absolute Gasteiger partial charge is 0.419 e.